The third kappa shape index (κ3) is 3.22. The van der Waals surface area contributed by atoms with Gasteiger partial charge in [-0.05, 0) is 50.5 Å². The van der Waals surface area contributed by atoms with Crippen molar-refractivity contribution < 1.29 is 4.79 Å². The molecule has 0 radical (unpaired) electrons. The lowest BCUT2D eigenvalue weighted by atomic mass is 10.1. The molecule has 0 bridgehead atoms. The number of piperidine rings is 1. The van der Waals surface area contributed by atoms with Gasteiger partial charge in [0.05, 0.1) is 22.4 Å². The number of aromatic amines is 2. The average molecular weight is 350 g/mol. The van der Waals surface area contributed by atoms with Gasteiger partial charge in [-0.15, -0.1) is 0 Å². The summed E-state index contributed by atoms with van der Waals surface area (Å²) in [5.41, 5.74) is 4.54. The topological polar surface area (TPSA) is 81.0 Å². The fraction of sp³-hybridized carbons (Fsp3) is 0.300. The molecule has 0 spiro atoms. The van der Waals surface area contributed by atoms with Gasteiger partial charge in [0.25, 0.3) is 5.91 Å². The van der Waals surface area contributed by atoms with E-state index in [1.54, 1.807) is 6.07 Å². The minimum Gasteiger partial charge on any atom is -0.370 e. The Morgan fingerprint density at radius 3 is 2.50 bits per heavy atom. The maximum absolute atomic E-state index is 12.7. The first-order valence-corrected chi connectivity index (χ1v) is 8.99. The van der Waals surface area contributed by atoms with Crippen LogP contribution in [0.4, 0.5) is 11.4 Å². The molecule has 1 amide bonds. The van der Waals surface area contributed by atoms with E-state index in [9.17, 15) is 9.59 Å². The molecule has 4 rings (SSSR count). The molecule has 1 fully saturated rings. The number of aryl methyl sites for hydroxylation is 1. The largest absolute Gasteiger partial charge is 0.370 e. The highest BCUT2D eigenvalue weighted by Crippen LogP contribution is 2.32. The first-order valence-electron chi connectivity index (χ1n) is 8.99. The van der Waals surface area contributed by atoms with Gasteiger partial charge in [-0.1, -0.05) is 17.7 Å². The lowest BCUT2D eigenvalue weighted by Crippen LogP contribution is -2.30. The Kier molecular flexibility index (Phi) is 4.24. The van der Waals surface area contributed by atoms with Gasteiger partial charge >= 0.3 is 5.69 Å². The number of H-pyrrole nitrogens is 2. The monoisotopic (exact) mass is 350 g/mol. The molecule has 134 valence electrons. The number of hydrogen-bond donors (Lipinski definition) is 3. The fourth-order valence-electron chi connectivity index (χ4n) is 3.55. The second-order valence-electron chi connectivity index (χ2n) is 6.87. The zero-order valence-corrected chi connectivity index (χ0v) is 14.8. The molecule has 1 aliphatic heterocycles. The Morgan fingerprint density at radius 1 is 1.04 bits per heavy atom. The Balaban J connectivity index is 1.73. The number of carbonyl (C=O) groups is 1. The lowest BCUT2D eigenvalue weighted by Gasteiger charge is -2.30. The molecule has 1 saturated heterocycles. The lowest BCUT2D eigenvalue weighted by molar-refractivity contribution is 0.102. The highest BCUT2D eigenvalue weighted by Gasteiger charge is 2.18. The van der Waals surface area contributed by atoms with Gasteiger partial charge in [0, 0.05) is 18.7 Å². The number of nitrogens with one attached hydrogen (secondary N) is 3. The van der Waals surface area contributed by atoms with E-state index in [4.69, 9.17) is 0 Å². The van der Waals surface area contributed by atoms with E-state index in [0.29, 0.717) is 11.1 Å². The number of rotatable bonds is 3. The number of aromatic nitrogens is 2. The molecule has 2 aromatic carbocycles. The van der Waals surface area contributed by atoms with Crippen LogP contribution in [-0.4, -0.2) is 29.0 Å². The fourth-order valence-corrected chi connectivity index (χ4v) is 3.55. The average Bonchev–Trinajstić information content (AvgIpc) is 3.00. The maximum atomic E-state index is 12.7. The summed E-state index contributed by atoms with van der Waals surface area (Å²) in [5.74, 6) is -0.149. The molecular weight excluding hydrogens is 328 g/mol. The second kappa shape index (κ2) is 6.71. The summed E-state index contributed by atoms with van der Waals surface area (Å²) in [6.07, 6.45) is 3.49. The summed E-state index contributed by atoms with van der Waals surface area (Å²) in [7, 11) is 0. The third-order valence-corrected chi connectivity index (χ3v) is 4.86. The highest BCUT2D eigenvalue weighted by molar-refractivity contribution is 6.07. The van der Waals surface area contributed by atoms with Gasteiger partial charge < -0.3 is 20.2 Å². The van der Waals surface area contributed by atoms with Crippen molar-refractivity contribution in [2.24, 2.45) is 0 Å². The van der Waals surface area contributed by atoms with Crippen LogP contribution in [0, 0.1) is 6.92 Å². The third-order valence-electron chi connectivity index (χ3n) is 4.86. The highest BCUT2D eigenvalue weighted by atomic mass is 16.2. The minimum absolute atomic E-state index is 0.149. The van der Waals surface area contributed by atoms with Crippen LogP contribution < -0.4 is 15.9 Å². The van der Waals surface area contributed by atoms with E-state index in [-0.39, 0.29) is 11.6 Å². The van der Waals surface area contributed by atoms with Gasteiger partial charge in [0.2, 0.25) is 0 Å². The van der Waals surface area contributed by atoms with Crippen LogP contribution in [0.25, 0.3) is 11.0 Å². The van der Waals surface area contributed by atoms with Crippen LogP contribution in [-0.2, 0) is 0 Å². The number of carbonyl (C=O) groups excluding carboxylic acids is 1. The zero-order valence-electron chi connectivity index (χ0n) is 14.8. The first-order chi connectivity index (χ1) is 12.6. The molecule has 1 aromatic heterocycles. The molecule has 0 aliphatic carbocycles. The first kappa shape index (κ1) is 16.4. The molecule has 3 aromatic rings. The summed E-state index contributed by atoms with van der Waals surface area (Å²) in [4.78, 5) is 32.2. The van der Waals surface area contributed by atoms with E-state index in [2.05, 4.69) is 20.2 Å². The Morgan fingerprint density at radius 2 is 1.77 bits per heavy atom. The molecular formula is C20H22N4O2. The summed E-state index contributed by atoms with van der Waals surface area (Å²) in [6, 6.07) is 11.3. The van der Waals surface area contributed by atoms with Gasteiger partial charge in [0.15, 0.2) is 0 Å². The molecule has 26 heavy (non-hydrogen) atoms. The number of imidazole rings is 1. The van der Waals surface area contributed by atoms with E-state index >= 15 is 0 Å². The summed E-state index contributed by atoms with van der Waals surface area (Å²) in [5, 5.41) is 3.04. The molecule has 3 N–H and O–H groups in total. The number of anilines is 2. The Bertz CT molecular complexity index is 1010. The van der Waals surface area contributed by atoms with Crippen molar-refractivity contribution in [3.05, 3.63) is 58.0 Å². The minimum atomic E-state index is -0.244. The van der Waals surface area contributed by atoms with Crippen molar-refractivity contribution in [1.82, 2.24) is 9.97 Å². The van der Waals surface area contributed by atoms with Crippen LogP contribution in [0.5, 0.6) is 0 Å². The van der Waals surface area contributed by atoms with Gasteiger partial charge in [-0.3, -0.25) is 4.79 Å². The smallest absolute Gasteiger partial charge is 0.323 e. The molecule has 6 nitrogen and oxygen atoms in total. The van der Waals surface area contributed by atoms with Crippen molar-refractivity contribution in [1.29, 1.82) is 0 Å². The summed E-state index contributed by atoms with van der Waals surface area (Å²) >= 11 is 0. The van der Waals surface area contributed by atoms with Crippen LogP contribution in [0.2, 0.25) is 0 Å². The quantitative estimate of drug-likeness (QED) is 0.677. The van der Waals surface area contributed by atoms with Crippen LogP contribution in [0.1, 0.15) is 35.2 Å². The Hall–Kier alpha value is -3.02. The standard InChI is InChI=1S/C20H22N4O2/c1-13-6-5-7-14(10-13)19(25)21-17-11-15-16(23-20(26)22-15)12-18(17)24-8-3-2-4-9-24/h5-7,10-12H,2-4,8-9H2,1H3,(H,21,25)(H2,22,23,26). The van der Waals surface area contributed by atoms with Crippen LogP contribution in [0.3, 0.4) is 0 Å². The van der Waals surface area contributed by atoms with Gasteiger partial charge in [0.1, 0.15) is 0 Å². The summed E-state index contributed by atoms with van der Waals surface area (Å²) < 4.78 is 0. The second-order valence-corrected chi connectivity index (χ2v) is 6.87. The van der Waals surface area contributed by atoms with Gasteiger partial charge in [-0.25, -0.2) is 4.79 Å². The van der Waals surface area contributed by atoms with Crippen molar-refractivity contribution >= 4 is 28.3 Å². The van der Waals surface area contributed by atoms with Crippen molar-refractivity contribution in [2.75, 3.05) is 23.3 Å². The normalized spacial score (nSPS) is 14.6. The number of benzene rings is 2. The van der Waals surface area contributed by atoms with E-state index in [1.807, 2.05) is 37.3 Å². The van der Waals surface area contributed by atoms with Gasteiger partial charge in [-0.2, -0.15) is 0 Å². The van der Waals surface area contributed by atoms with Crippen LogP contribution >= 0.6 is 0 Å². The number of nitrogens with zero attached hydrogens (tertiary/aromatic N) is 1. The Labute approximate surface area is 151 Å². The van der Waals surface area contributed by atoms with E-state index in [0.717, 1.165) is 48.4 Å². The molecule has 0 atom stereocenters. The van der Waals surface area contributed by atoms with Crippen LogP contribution in [0.15, 0.2) is 41.2 Å². The van der Waals surface area contributed by atoms with E-state index in [1.165, 1.54) is 6.42 Å². The zero-order chi connectivity index (χ0) is 18.1. The number of fused-ring (bicyclic) bond motifs is 1. The predicted molar refractivity (Wildman–Crippen MR) is 104 cm³/mol. The van der Waals surface area contributed by atoms with Crippen molar-refractivity contribution in [2.45, 2.75) is 26.2 Å². The van der Waals surface area contributed by atoms with Crippen molar-refractivity contribution in [3.63, 3.8) is 0 Å². The molecule has 0 saturated carbocycles. The maximum Gasteiger partial charge on any atom is 0.323 e. The molecule has 2 heterocycles. The summed E-state index contributed by atoms with van der Waals surface area (Å²) in [6.45, 7) is 3.87. The number of hydrogen-bond acceptors (Lipinski definition) is 3. The van der Waals surface area contributed by atoms with Crippen molar-refractivity contribution in [3.8, 4) is 0 Å². The number of amides is 1. The predicted octanol–water partition coefficient (Wildman–Crippen LogP) is 3.41. The molecule has 1 aliphatic rings. The van der Waals surface area contributed by atoms with E-state index < -0.39 is 0 Å². The molecule has 0 unspecified atom stereocenters. The SMILES string of the molecule is Cc1cccc(C(=O)Nc2cc3[nH]c(=O)[nH]c3cc2N2CCCCC2)c1. The molecule has 6 heteroatoms.